The van der Waals surface area contributed by atoms with Crippen LogP contribution in [-0.2, 0) is 0 Å². The van der Waals surface area contributed by atoms with Gasteiger partial charge in [0, 0.05) is 17.5 Å². The summed E-state index contributed by atoms with van der Waals surface area (Å²) < 4.78 is 0. The van der Waals surface area contributed by atoms with Crippen molar-refractivity contribution in [1.29, 1.82) is 0 Å². The van der Waals surface area contributed by atoms with Gasteiger partial charge in [0.1, 0.15) is 0 Å². The quantitative estimate of drug-likeness (QED) is 0.606. The van der Waals surface area contributed by atoms with E-state index in [1.807, 2.05) is 18.2 Å². The van der Waals surface area contributed by atoms with E-state index in [1.165, 1.54) is 12.8 Å². The maximum Gasteiger partial charge on any atom is 0.249 e. The molecule has 1 amide bonds. The normalized spacial score (nSPS) is 20.4. The number of hydrogen-bond acceptors (Lipinski definition) is 2. The topological polar surface area (TPSA) is 55.1 Å². The van der Waals surface area contributed by atoms with Gasteiger partial charge in [-0.3, -0.25) is 4.79 Å². The third kappa shape index (κ3) is 3.70. The van der Waals surface area contributed by atoms with Gasteiger partial charge < -0.3 is 11.1 Å². The molecule has 0 saturated heterocycles. The first kappa shape index (κ1) is 18.1. The van der Waals surface area contributed by atoms with Crippen molar-refractivity contribution in [2.75, 3.05) is 6.54 Å². The molecular weight excluding hydrogens is 356 g/mol. The van der Waals surface area contributed by atoms with Crippen LogP contribution in [0.25, 0.3) is 22.3 Å². The highest BCUT2D eigenvalue weighted by Gasteiger charge is 2.42. The molecule has 0 bridgehead atoms. The standard InChI is InChI=1S/C26H26N2O/c27-26(29)21-14-13-20(18-7-3-1-4-8-18)24(19-9-5-2-6-10-19)25(21)22-15-23(22)28-16-17-11-12-17/h1-10,13-14,17,22-23,28H,11-12,15-16H2,(H2,27,29). The lowest BCUT2D eigenvalue weighted by Gasteiger charge is -2.19. The predicted octanol–water partition coefficient (Wildman–Crippen LogP) is 4.98. The van der Waals surface area contributed by atoms with Crippen LogP contribution in [0.4, 0.5) is 0 Å². The van der Waals surface area contributed by atoms with E-state index in [0.29, 0.717) is 17.5 Å². The highest BCUT2D eigenvalue weighted by atomic mass is 16.1. The Morgan fingerprint density at radius 1 is 0.897 bits per heavy atom. The Morgan fingerprint density at radius 3 is 2.17 bits per heavy atom. The Balaban J connectivity index is 1.65. The first-order valence-electron chi connectivity index (χ1n) is 10.5. The fourth-order valence-electron chi connectivity index (χ4n) is 4.37. The van der Waals surface area contributed by atoms with Crippen LogP contribution >= 0.6 is 0 Å². The number of benzene rings is 3. The van der Waals surface area contributed by atoms with Crippen LogP contribution in [0.2, 0.25) is 0 Å². The summed E-state index contributed by atoms with van der Waals surface area (Å²) >= 11 is 0. The summed E-state index contributed by atoms with van der Waals surface area (Å²) in [6, 6.07) is 25.2. The lowest BCUT2D eigenvalue weighted by Crippen LogP contribution is -2.22. The summed E-state index contributed by atoms with van der Waals surface area (Å²) in [4.78, 5) is 12.4. The fourth-order valence-corrected chi connectivity index (χ4v) is 4.37. The van der Waals surface area contributed by atoms with Gasteiger partial charge in [0.15, 0.2) is 0 Å². The molecule has 0 spiro atoms. The maximum atomic E-state index is 12.4. The average molecular weight is 383 g/mol. The minimum absolute atomic E-state index is 0.329. The van der Waals surface area contributed by atoms with E-state index in [1.54, 1.807) is 0 Å². The number of amides is 1. The van der Waals surface area contributed by atoms with Gasteiger partial charge in [-0.25, -0.2) is 0 Å². The van der Waals surface area contributed by atoms with E-state index >= 15 is 0 Å². The molecular formula is C26H26N2O. The fraction of sp³-hybridized carbons (Fsp3) is 0.269. The van der Waals surface area contributed by atoms with E-state index in [0.717, 1.165) is 46.7 Å². The summed E-state index contributed by atoms with van der Waals surface area (Å²) in [7, 11) is 0. The Morgan fingerprint density at radius 2 is 1.55 bits per heavy atom. The van der Waals surface area contributed by atoms with E-state index in [2.05, 4.69) is 59.9 Å². The summed E-state index contributed by atoms with van der Waals surface area (Å²) in [5, 5.41) is 3.72. The number of primary amides is 1. The molecule has 2 atom stereocenters. The van der Waals surface area contributed by atoms with Crippen LogP contribution < -0.4 is 11.1 Å². The number of nitrogens with two attached hydrogens (primary N) is 1. The van der Waals surface area contributed by atoms with Crippen LogP contribution in [0.3, 0.4) is 0 Å². The lowest BCUT2D eigenvalue weighted by atomic mass is 9.85. The van der Waals surface area contributed by atoms with Gasteiger partial charge in [-0.1, -0.05) is 66.7 Å². The Hall–Kier alpha value is -2.91. The molecule has 5 rings (SSSR count). The molecule has 3 N–H and O–H groups in total. The Kier molecular flexibility index (Phi) is 4.69. The molecule has 3 aromatic carbocycles. The van der Waals surface area contributed by atoms with Gasteiger partial charge in [0.2, 0.25) is 5.91 Å². The number of carbonyl (C=O) groups excluding carboxylic acids is 1. The molecule has 2 aliphatic rings. The molecule has 146 valence electrons. The van der Waals surface area contributed by atoms with Crippen molar-refractivity contribution >= 4 is 5.91 Å². The van der Waals surface area contributed by atoms with Gasteiger partial charge in [-0.15, -0.1) is 0 Å². The van der Waals surface area contributed by atoms with Crippen molar-refractivity contribution in [2.24, 2.45) is 11.7 Å². The number of carbonyl (C=O) groups is 1. The van der Waals surface area contributed by atoms with Crippen molar-refractivity contribution in [3.8, 4) is 22.3 Å². The van der Waals surface area contributed by atoms with Gasteiger partial charge in [0.25, 0.3) is 0 Å². The van der Waals surface area contributed by atoms with Crippen molar-refractivity contribution in [2.45, 2.75) is 31.2 Å². The molecule has 0 aromatic heterocycles. The molecule has 0 heterocycles. The molecule has 0 aliphatic heterocycles. The zero-order valence-corrected chi connectivity index (χ0v) is 16.5. The Bertz CT molecular complexity index is 1030. The van der Waals surface area contributed by atoms with Gasteiger partial charge in [-0.2, -0.15) is 0 Å². The molecule has 2 saturated carbocycles. The highest BCUT2D eigenvalue weighted by molar-refractivity contribution is 6.00. The second-order valence-electron chi connectivity index (χ2n) is 8.35. The van der Waals surface area contributed by atoms with Gasteiger partial charge in [-0.05, 0) is 65.6 Å². The summed E-state index contributed by atoms with van der Waals surface area (Å²) in [6.07, 6.45) is 3.75. The zero-order chi connectivity index (χ0) is 19.8. The second kappa shape index (κ2) is 7.49. The summed E-state index contributed by atoms with van der Waals surface area (Å²) in [6.45, 7) is 1.09. The SMILES string of the molecule is NC(=O)c1ccc(-c2ccccc2)c(-c2ccccc2)c1C1CC1NCC1CC1. The van der Waals surface area contributed by atoms with Crippen LogP contribution in [0.1, 0.15) is 41.1 Å². The van der Waals surface area contributed by atoms with Crippen molar-refractivity contribution in [3.05, 3.63) is 83.9 Å². The van der Waals surface area contributed by atoms with Crippen LogP contribution in [-0.4, -0.2) is 18.5 Å². The van der Waals surface area contributed by atoms with Crippen molar-refractivity contribution in [1.82, 2.24) is 5.32 Å². The van der Waals surface area contributed by atoms with E-state index in [4.69, 9.17) is 5.73 Å². The number of hydrogen-bond donors (Lipinski definition) is 2. The molecule has 29 heavy (non-hydrogen) atoms. The number of rotatable bonds is 7. The largest absolute Gasteiger partial charge is 0.366 e. The smallest absolute Gasteiger partial charge is 0.249 e. The monoisotopic (exact) mass is 382 g/mol. The van der Waals surface area contributed by atoms with Crippen molar-refractivity contribution in [3.63, 3.8) is 0 Å². The zero-order valence-electron chi connectivity index (χ0n) is 16.5. The molecule has 3 nitrogen and oxygen atoms in total. The van der Waals surface area contributed by atoms with E-state index in [-0.39, 0.29) is 5.91 Å². The van der Waals surface area contributed by atoms with E-state index < -0.39 is 0 Å². The molecule has 2 unspecified atom stereocenters. The minimum atomic E-state index is -0.343. The predicted molar refractivity (Wildman–Crippen MR) is 118 cm³/mol. The molecule has 2 fully saturated rings. The molecule has 3 aromatic rings. The van der Waals surface area contributed by atoms with Crippen LogP contribution in [0.15, 0.2) is 72.8 Å². The minimum Gasteiger partial charge on any atom is -0.366 e. The highest BCUT2D eigenvalue weighted by Crippen LogP contribution is 2.49. The maximum absolute atomic E-state index is 12.4. The van der Waals surface area contributed by atoms with Gasteiger partial charge >= 0.3 is 0 Å². The molecule has 3 heteroatoms. The summed E-state index contributed by atoms with van der Waals surface area (Å²) in [5.41, 5.74) is 12.2. The van der Waals surface area contributed by atoms with Crippen molar-refractivity contribution < 1.29 is 4.79 Å². The van der Waals surface area contributed by atoms with Gasteiger partial charge in [0.05, 0.1) is 0 Å². The van der Waals surface area contributed by atoms with Crippen LogP contribution in [0, 0.1) is 5.92 Å². The van der Waals surface area contributed by atoms with E-state index in [9.17, 15) is 4.79 Å². The summed E-state index contributed by atoms with van der Waals surface area (Å²) in [5.74, 6) is 0.830. The first-order chi connectivity index (χ1) is 14.2. The third-order valence-corrected chi connectivity index (χ3v) is 6.19. The molecule has 0 radical (unpaired) electrons. The third-order valence-electron chi connectivity index (χ3n) is 6.19. The Labute approximate surface area is 172 Å². The average Bonchev–Trinajstić information content (AvgIpc) is 3.68. The second-order valence-corrected chi connectivity index (χ2v) is 8.35. The molecule has 2 aliphatic carbocycles. The first-order valence-corrected chi connectivity index (χ1v) is 10.5. The lowest BCUT2D eigenvalue weighted by molar-refractivity contribution is 0.0999. The van der Waals surface area contributed by atoms with Crippen LogP contribution in [0.5, 0.6) is 0 Å². The number of nitrogens with one attached hydrogen (secondary N) is 1.